The Morgan fingerprint density at radius 3 is 2.90 bits per heavy atom. The summed E-state index contributed by atoms with van der Waals surface area (Å²) in [6.07, 6.45) is 0.943. The van der Waals surface area contributed by atoms with Crippen LogP contribution in [0.15, 0.2) is 33.6 Å². The van der Waals surface area contributed by atoms with E-state index in [1.807, 2.05) is 24.3 Å². The molecular formula is C14H18BrNO3S. The smallest absolute Gasteiger partial charge is 0.305 e. The van der Waals surface area contributed by atoms with Crippen molar-refractivity contribution in [2.24, 2.45) is 0 Å². The summed E-state index contributed by atoms with van der Waals surface area (Å²) in [5.41, 5.74) is 0. The minimum atomic E-state index is -0.217. The van der Waals surface area contributed by atoms with Gasteiger partial charge in [-0.05, 0) is 31.5 Å². The third-order valence-electron chi connectivity index (χ3n) is 2.35. The molecular weight excluding hydrogens is 342 g/mol. The second kappa shape index (κ2) is 9.83. The van der Waals surface area contributed by atoms with E-state index in [4.69, 9.17) is 4.74 Å². The number of carbonyl (C=O) groups is 2. The Bertz CT molecular complexity index is 454. The quantitative estimate of drug-likeness (QED) is 0.440. The molecule has 4 nitrogen and oxygen atoms in total. The molecule has 0 aliphatic heterocycles. The zero-order valence-corrected chi connectivity index (χ0v) is 13.8. The maximum Gasteiger partial charge on any atom is 0.305 e. The molecule has 0 saturated carbocycles. The van der Waals surface area contributed by atoms with Crippen LogP contribution in [0.5, 0.6) is 0 Å². The minimum Gasteiger partial charge on any atom is -0.466 e. The molecule has 1 aromatic rings. The number of esters is 1. The fourth-order valence-corrected chi connectivity index (χ4v) is 2.79. The van der Waals surface area contributed by atoms with Gasteiger partial charge in [0.25, 0.3) is 0 Å². The van der Waals surface area contributed by atoms with E-state index in [1.165, 1.54) is 11.8 Å². The Balaban J connectivity index is 2.13. The van der Waals surface area contributed by atoms with Crippen molar-refractivity contribution in [1.29, 1.82) is 0 Å². The molecule has 0 atom stereocenters. The molecule has 0 bridgehead atoms. The Labute approximate surface area is 131 Å². The normalized spacial score (nSPS) is 10.1. The fourth-order valence-electron chi connectivity index (χ4n) is 1.45. The highest BCUT2D eigenvalue weighted by atomic mass is 79.9. The van der Waals surface area contributed by atoms with Crippen LogP contribution in [-0.2, 0) is 14.3 Å². The van der Waals surface area contributed by atoms with E-state index in [2.05, 4.69) is 21.2 Å². The van der Waals surface area contributed by atoms with Crippen molar-refractivity contribution in [3.8, 4) is 0 Å². The van der Waals surface area contributed by atoms with Crippen LogP contribution in [0.25, 0.3) is 0 Å². The van der Waals surface area contributed by atoms with Gasteiger partial charge in [0.05, 0.1) is 12.4 Å². The molecule has 1 rings (SSSR count). The molecule has 1 N–H and O–H groups in total. The molecule has 0 radical (unpaired) electrons. The molecule has 0 aromatic heterocycles. The molecule has 0 spiro atoms. The highest BCUT2D eigenvalue weighted by Gasteiger charge is 2.04. The molecule has 0 heterocycles. The fraction of sp³-hybridized carbons (Fsp3) is 0.429. The van der Waals surface area contributed by atoms with E-state index in [0.29, 0.717) is 31.7 Å². The number of hydrogen-bond acceptors (Lipinski definition) is 4. The van der Waals surface area contributed by atoms with Crippen LogP contribution in [0.4, 0.5) is 0 Å². The zero-order valence-electron chi connectivity index (χ0n) is 11.4. The number of carbonyl (C=O) groups excluding carboxylic acids is 2. The van der Waals surface area contributed by atoms with Crippen molar-refractivity contribution >= 4 is 39.6 Å². The Morgan fingerprint density at radius 2 is 2.20 bits per heavy atom. The molecule has 1 aromatic carbocycles. The van der Waals surface area contributed by atoms with Crippen LogP contribution < -0.4 is 5.32 Å². The molecule has 0 aliphatic rings. The molecule has 0 saturated heterocycles. The summed E-state index contributed by atoms with van der Waals surface area (Å²) in [7, 11) is 0. The lowest BCUT2D eigenvalue weighted by Gasteiger charge is -2.05. The van der Waals surface area contributed by atoms with Crippen LogP contribution in [0.3, 0.4) is 0 Å². The standard InChI is InChI=1S/C14H18BrNO3S/c1-2-19-14(18)7-4-8-16-13(17)10-20-12-6-3-5-11(15)9-12/h3,5-6,9H,2,4,7-8,10H2,1H3,(H,16,17). The van der Waals surface area contributed by atoms with E-state index in [1.54, 1.807) is 6.92 Å². The van der Waals surface area contributed by atoms with Crippen molar-refractivity contribution in [1.82, 2.24) is 5.32 Å². The topological polar surface area (TPSA) is 55.4 Å². The van der Waals surface area contributed by atoms with Crippen molar-refractivity contribution in [2.75, 3.05) is 18.9 Å². The highest BCUT2D eigenvalue weighted by molar-refractivity contribution is 9.10. The van der Waals surface area contributed by atoms with Gasteiger partial charge in [-0.15, -0.1) is 11.8 Å². The number of nitrogens with one attached hydrogen (secondary N) is 1. The molecule has 0 fully saturated rings. The van der Waals surface area contributed by atoms with E-state index < -0.39 is 0 Å². The van der Waals surface area contributed by atoms with Gasteiger partial charge in [0, 0.05) is 22.3 Å². The van der Waals surface area contributed by atoms with Crippen LogP contribution in [0.1, 0.15) is 19.8 Å². The second-order valence-corrected chi connectivity index (χ2v) is 5.97. The zero-order chi connectivity index (χ0) is 14.8. The lowest BCUT2D eigenvalue weighted by molar-refractivity contribution is -0.143. The molecule has 0 unspecified atom stereocenters. The van der Waals surface area contributed by atoms with Crippen molar-refractivity contribution in [3.05, 3.63) is 28.7 Å². The summed E-state index contributed by atoms with van der Waals surface area (Å²) >= 11 is 4.87. The summed E-state index contributed by atoms with van der Waals surface area (Å²) in [6, 6.07) is 7.81. The van der Waals surface area contributed by atoms with Gasteiger partial charge in [-0.25, -0.2) is 0 Å². The van der Waals surface area contributed by atoms with Crippen molar-refractivity contribution in [2.45, 2.75) is 24.7 Å². The number of thioether (sulfide) groups is 1. The predicted molar refractivity (Wildman–Crippen MR) is 83.7 cm³/mol. The van der Waals surface area contributed by atoms with E-state index >= 15 is 0 Å². The first kappa shape index (κ1) is 17.0. The van der Waals surface area contributed by atoms with Gasteiger partial charge in [0.2, 0.25) is 5.91 Å². The molecule has 20 heavy (non-hydrogen) atoms. The third kappa shape index (κ3) is 7.55. The van der Waals surface area contributed by atoms with Gasteiger partial charge < -0.3 is 10.1 Å². The first-order valence-corrected chi connectivity index (χ1v) is 8.20. The maximum atomic E-state index is 11.6. The molecule has 6 heteroatoms. The maximum absolute atomic E-state index is 11.6. The average Bonchev–Trinajstić information content (AvgIpc) is 2.42. The summed E-state index contributed by atoms with van der Waals surface area (Å²) in [4.78, 5) is 23.7. The number of halogens is 1. The molecule has 1 amide bonds. The monoisotopic (exact) mass is 359 g/mol. The van der Waals surface area contributed by atoms with Crippen LogP contribution >= 0.6 is 27.7 Å². The second-order valence-electron chi connectivity index (χ2n) is 4.00. The van der Waals surface area contributed by atoms with Crippen molar-refractivity contribution in [3.63, 3.8) is 0 Å². The number of benzene rings is 1. The number of rotatable bonds is 8. The van der Waals surface area contributed by atoms with Gasteiger partial charge in [0.1, 0.15) is 0 Å². The summed E-state index contributed by atoms with van der Waals surface area (Å²) < 4.78 is 5.80. The van der Waals surface area contributed by atoms with Gasteiger partial charge in [0.15, 0.2) is 0 Å². The SMILES string of the molecule is CCOC(=O)CCCNC(=O)CSc1cccc(Br)c1. The predicted octanol–water partition coefficient (Wildman–Crippen LogP) is 3.00. The number of amides is 1. The van der Waals surface area contributed by atoms with Crippen LogP contribution in [0.2, 0.25) is 0 Å². The van der Waals surface area contributed by atoms with Crippen LogP contribution in [-0.4, -0.2) is 30.8 Å². The highest BCUT2D eigenvalue weighted by Crippen LogP contribution is 2.21. The molecule has 0 aliphatic carbocycles. The van der Waals surface area contributed by atoms with Gasteiger partial charge in [-0.1, -0.05) is 22.0 Å². The Kier molecular flexibility index (Phi) is 8.37. The molecule has 110 valence electrons. The summed E-state index contributed by atoms with van der Waals surface area (Å²) in [5, 5.41) is 2.79. The first-order valence-electron chi connectivity index (χ1n) is 6.42. The summed E-state index contributed by atoms with van der Waals surface area (Å²) in [6.45, 7) is 2.67. The summed E-state index contributed by atoms with van der Waals surface area (Å²) in [5.74, 6) is 0.125. The van der Waals surface area contributed by atoms with Gasteiger partial charge in [-0.2, -0.15) is 0 Å². The largest absolute Gasteiger partial charge is 0.466 e. The Hall–Kier alpha value is -1.01. The average molecular weight is 360 g/mol. The van der Waals surface area contributed by atoms with E-state index in [-0.39, 0.29) is 11.9 Å². The minimum absolute atomic E-state index is 0.0289. The first-order chi connectivity index (χ1) is 9.61. The number of hydrogen-bond donors (Lipinski definition) is 1. The van der Waals surface area contributed by atoms with Gasteiger partial charge in [-0.3, -0.25) is 9.59 Å². The lowest BCUT2D eigenvalue weighted by atomic mass is 10.3. The van der Waals surface area contributed by atoms with E-state index in [9.17, 15) is 9.59 Å². The Morgan fingerprint density at radius 1 is 1.40 bits per heavy atom. The third-order valence-corrected chi connectivity index (χ3v) is 3.84. The van der Waals surface area contributed by atoms with Gasteiger partial charge >= 0.3 is 5.97 Å². The van der Waals surface area contributed by atoms with E-state index in [0.717, 1.165) is 9.37 Å². The lowest BCUT2D eigenvalue weighted by Crippen LogP contribution is -2.26. The van der Waals surface area contributed by atoms with Crippen LogP contribution in [0, 0.1) is 0 Å². The number of ether oxygens (including phenoxy) is 1. The van der Waals surface area contributed by atoms with Crippen molar-refractivity contribution < 1.29 is 14.3 Å².